The molecule has 0 unspecified atom stereocenters. The molecule has 3 heterocycles. The first-order valence-corrected chi connectivity index (χ1v) is 14.1. The van der Waals surface area contributed by atoms with Gasteiger partial charge in [0.2, 0.25) is 0 Å². The molecule has 1 aromatic carbocycles. The lowest BCUT2D eigenvalue weighted by molar-refractivity contribution is -0.668. The summed E-state index contributed by atoms with van der Waals surface area (Å²) in [6.45, 7) is 0.107. The van der Waals surface area contributed by atoms with Crippen molar-refractivity contribution in [3.63, 3.8) is 0 Å². The van der Waals surface area contributed by atoms with Gasteiger partial charge in [0, 0.05) is 26.9 Å². The number of aryl methyl sites for hydroxylation is 1. The molecule has 0 saturated carbocycles. The van der Waals surface area contributed by atoms with Gasteiger partial charge in [0.15, 0.2) is 10.9 Å². The minimum atomic E-state index is -4.31. The quantitative estimate of drug-likeness (QED) is 0.321. The van der Waals surface area contributed by atoms with Crippen LogP contribution >= 0.6 is 62.0 Å². The normalized spacial score (nSPS) is 15.2. The van der Waals surface area contributed by atoms with Crippen molar-refractivity contribution >= 4 is 100 Å². The highest BCUT2D eigenvalue weighted by Crippen LogP contribution is 2.48. The molecule has 0 fully saturated rings. The van der Waals surface area contributed by atoms with Crippen molar-refractivity contribution in [2.45, 2.75) is 17.9 Å². The number of nitrogens with zero attached hydrogens (tertiary/aromatic N) is 2. The van der Waals surface area contributed by atoms with Crippen molar-refractivity contribution in [2.24, 2.45) is 0 Å². The Labute approximate surface area is 203 Å². The molecule has 0 spiro atoms. The zero-order valence-corrected chi connectivity index (χ0v) is 21.2. The summed E-state index contributed by atoms with van der Waals surface area (Å²) >= 11 is 14.1. The summed E-state index contributed by atoms with van der Waals surface area (Å²) in [6, 6.07) is 5.71. The Morgan fingerprint density at radius 1 is 1.39 bits per heavy atom. The van der Waals surface area contributed by atoms with Gasteiger partial charge in [-0.15, -0.1) is 11.3 Å². The summed E-state index contributed by atoms with van der Waals surface area (Å²) in [5.41, 5.74) is 1.59. The number of thioether (sulfide) groups is 1. The maximum atomic E-state index is 11.5. The van der Waals surface area contributed by atoms with Crippen LogP contribution in [-0.2, 0) is 21.5 Å². The average Bonchev–Trinajstić information content (AvgIpc) is 3.29. The van der Waals surface area contributed by atoms with E-state index in [0.717, 1.165) is 35.3 Å². The SMILES string of the molecule is O=C(O)CN1C(=Cc2sc3csc(Cl)c3[n+]2CCCS(=O)(=O)[O-])Sc2ccc(Br)cc21. The molecule has 1 aliphatic rings. The van der Waals surface area contributed by atoms with Gasteiger partial charge in [0.1, 0.15) is 11.2 Å². The fourth-order valence-electron chi connectivity index (χ4n) is 3.22. The van der Waals surface area contributed by atoms with E-state index in [-0.39, 0.29) is 13.0 Å². The number of halogens is 2. The van der Waals surface area contributed by atoms with Crippen LogP contribution in [0.5, 0.6) is 0 Å². The summed E-state index contributed by atoms with van der Waals surface area (Å²) in [6.07, 6.45) is 2.04. The number of thiazole rings is 1. The molecule has 0 amide bonds. The van der Waals surface area contributed by atoms with Gasteiger partial charge >= 0.3 is 5.97 Å². The van der Waals surface area contributed by atoms with Gasteiger partial charge < -0.3 is 14.6 Å². The second kappa shape index (κ2) is 9.00. The number of benzene rings is 1. The van der Waals surface area contributed by atoms with E-state index in [0.29, 0.717) is 10.9 Å². The van der Waals surface area contributed by atoms with Crippen LogP contribution in [0.15, 0.2) is 38.0 Å². The van der Waals surface area contributed by atoms with Gasteiger partial charge in [-0.3, -0.25) is 4.79 Å². The van der Waals surface area contributed by atoms with Crippen molar-refractivity contribution < 1.29 is 27.4 Å². The minimum Gasteiger partial charge on any atom is -0.748 e. The number of fused-ring (bicyclic) bond motifs is 2. The Morgan fingerprint density at radius 3 is 2.87 bits per heavy atom. The molecule has 13 heteroatoms. The molecule has 4 rings (SSSR count). The Kier molecular flexibility index (Phi) is 6.69. The Balaban J connectivity index is 1.75. The first-order valence-electron chi connectivity index (χ1n) is 8.84. The number of hydrogen-bond donors (Lipinski definition) is 1. The highest BCUT2D eigenvalue weighted by atomic mass is 79.9. The molecular weight excluding hydrogens is 568 g/mol. The maximum absolute atomic E-state index is 11.5. The maximum Gasteiger partial charge on any atom is 0.323 e. The number of carboxylic acids is 1. The Bertz CT molecular complexity index is 1320. The van der Waals surface area contributed by atoms with E-state index in [2.05, 4.69) is 15.9 Å². The molecule has 7 nitrogen and oxygen atoms in total. The molecule has 0 bridgehead atoms. The van der Waals surface area contributed by atoms with Crippen LogP contribution < -0.4 is 9.47 Å². The predicted octanol–water partition coefficient (Wildman–Crippen LogP) is 4.60. The summed E-state index contributed by atoms with van der Waals surface area (Å²) in [5.74, 6) is -1.42. The predicted molar refractivity (Wildman–Crippen MR) is 127 cm³/mol. The first kappa shape index (κ1) is 23.0. The summed E-state index contributed by atoms with van der Waals surface area (Å²) in [5, 5.41) is 12.9. The lowest BCUT2D eigenvalue weighted by atomic mass is 10.3. The number of rotatable bonds is 7. The third kappa shape index (κ3) is 5.10. The summed E-state index contributed by atoms with van der Waals surface area (Å²) in [7, 11) is -4.31. The van der Waals surface area contributed by atoms with Crippen LogP contribution in [0.3, 0.4) is 0 Å². The van der Waals surface area contributed by atoms with Crippen LogP contribution in [0.1, 0.15) is 11.4 Å². The summed E-state index contributed by atoms with van der Waals surface area (Å²) in [4.78, 5) is 14.2. The summed E-state index contributed by atoms with van der Waals surface area (Å²) < 4.78 is 37.4. The van der Waals surface area contributed by atoms with Gasteiger partial charge in [-0.25, -0.2) is 8.42 Å². The second-order valence-corrected chi connectivity index (χ2v) is 12.7. The number of thiophene rings is 1. The molecular formula is C18H14BrClN2O5S4. The lowest BCUT2D eigenvalue weighted by Crippen LogP contribution is -2.36. The molecule has 0 aliphatic carbocycles. The van der Waals surface area contributed by atoms with Gasteiger partial charge in [0.25, 0.3) is 10.5 Å². The number of carbonyl (C=O) groups is 1. The zero-order chi connectivity index (χ0) is 22.3. The van der Waals surface area contributed by atoms with Crippen LogP contribution in [0.2, 0.25) is 4.34 Å². The standard InChI is InChI=1S/C18H14BrClN2O5S4/c19-10-2-3-12-11(6-10)22(8-16(23)24)15(29-12)7-14-21(4-1-5-31(25,26)27)17-13(30-14)9-28-18(17)20/h2-3,6-7,9H,1,4-5,8H2,(H-,23,24,25,26,27). The Hall–Kier alpha value is -1.15. The average molecular weight is 582 g/mol. The smallest absolute Gasteiger partial charge is 0.323 e. The second-order valence-electron chi connectivity index (χ2n) is 6.61. The largest absolute Gasteiger partial charge is 0.748 e. The first-order chi connectivity index (χ1) is 14.6. The third-order valence-corrected chi connectivity index (χ3v) is 9.27. The van der Waals surface area contributed by atoms with E-state index >= 15 is 0 Å². The number of hydrogen-bond acceptors (Lipinski definition) is 8. The molecule has 3 aromatic rings. The lowest BCUT2D eigenvalue weighted by Gasteiger charge is -2.17. The van der Waals surface area contributed by atoms with E-state index in [4.69, 9.17) is 11.6 Å². The van der Waals surface area contributed by atoms with E-state index < -0.39 is 21.8 Å². The van der Waals surface area contributed by atoms with Crippen LogP contribution in [0.4, 0.5) is 5.69 Å². The van der Waals surface area contributed by atoms with Gasteiger partial charge in [-0.1, -0.05) is 50.6 Å². The van der Waals surface area contributed by atoms with E-state index in [1.54, 1.807) is 4.90 Å². The molecule has 1 N–H and O–H groups in total. The molecule has 2 aromatic heterocycles. The van der Waals surface area contributed by atoms with Crippen molar-refractivity contribution in [2.75, 3.05) is 17.2 Å². The number of aromatic nitrogens is 1. The van der Waals surface area contributed by atoms with Crippen molar-refractivity contribution in [1.29, 1.82) is 0 Å². The van der Waals surface area contributed by atoms with E-state index in [1.165, 1.54) is 34.4 Å². The third-order valence-electron chi connectivity index (χ3n) is 4.45. The fourth-order valence-corrected chi connectivity index (χ4v) is 7.65. The molecule has 31 heavy (non-hydrogen) atoms. The molecule has 1 aliphatic heterocycles. The Morgan fingerprint density at radius 2 is 2.16 bits per heavy atom. The molecule has 0 radical (unpaired) electrons. The number of carboxylic acid groups (broad SMARTS) is 1. The highest BCUT2D eigenvalue weighted by molar-refractivity contribution is 9.10. The van der Waals surface area contributed by atoms with Crippen LogP contribution in [0, 0.1) is 0 Å². The van der Waals surface area contributed by atoms with Gasteiger partial charge in [-0.05, 0) is 18.2 Å². The molecule has 0 saturated heterocycles. The van der Waals surface area contributed by atoms with Crippen molar-refractivity contribution in [3.05, 3.63) is 42.4 Å². The monoisotopic (exact) mass is 580 g/mol. The van der Waals surface area contributed by atoms with Gasteiger partial charge in [0.05, 0.1) is 26.9 Å². The number of aliphatic carboxylic acids is 1. The van der Waals surface area contributed by atoms with Gasteiger partial charge in [-0.2, -0.15) is 4.57 Å². The number of anilines is 1. The van der Waals surface area contributed by atoms with Crippen LogP contribution in [0.25, 0.3) is 16.3 Å². The van der Waals surface area contributed by atoms with Crippen LogP contribution in [-0.4, -0.2) is 36.3 Å². The fraction of sp³-hybridized carbons (Fsp3) is 0.222. The van der Waals surface area contributed by atoms with Crippen molar-refractivity contribution in [3.8, 4) is 0 Å². The molecule has 0 atom stereocenters. The van der Waals surface area contributed by atoms with Crippen molar-refractivity contribution in [1.82, 2.24) is 0 Å². The van der Waals surface area contributed by atoms with E-state index in [9.17, 15) is 22.9 Å². The topological polar surface area (TPSA) is 102 Å². The zero-order valence-electron chi connectivity index (χ0n) is 15.6. The minimum absolute atomic E-state index is 0.157. The molecule has 164 valence electrons. The van der Waals surface area contributed by atoms with E-state index in [1.807, 2.05) is 34.2 Å². The highest BCUT2D eigenvalue weighted by Gasteiger charge is 2.30.